The average molecular weight is 773 g/mol. The van der Waals surface area contributed by atoms with Gasteiger partial charge in [-0.3, -0.25) is 0 Å². The summed E-state index contributed by atoms with van der Waals surface area (Å²) in [5, 5.41) is 7.49. The summed E-state index contributed by atoms with van der Waals surface area (Å²) in [6, 6.07) is 67.4. The fourth-order valence-electron chi connectivity index (χ4n) is 9.40. The molecule has 0 bridgehead atoms. The first-order valence-electron chi connectivity index (χ1n) is 21.0. The monoisotopic (exact) mass is 772 g/mol. The van der Waals surface area contributed by atoms with E-state index in [1.165, 1.54) is 122 Å². The Hall–Kier alpha value is -7.16. The van der Waals surface area contributed by atoms with Crippen molar-refractivity contribution >= 4 is 66.4 Å². The van der Waals surface area contributed by atoms with Crippen molar-refractivity contribution in [1.82, 2.24) is 0 Å². The third-order valence-electron chi connectivity index (χ3n) is 12.6. The van der Waals surface area contributed by atoms with Crippen LogP contribution in [0.25, 0.3) is 54.6 Å². The van der Waals surface area contributed by atoms with Crippen LogP contribution < -0.4 is 9.80 Å². The molecule has 290 valence electrons. The number of rotatable bonds is 8. The average Bonchev–Trinajstić information content (AvgIpc) is 3.26. The first-order chi connectivity index (χ1) is 29.3. The molecule has 0 unspecified atom stereocenters. The lowest BCUT2D eigenvalue weighted by Gasteiger charge is -2.32. The lowest BCUT2D eigenvalue weighted by molar-refractivity contribution is 1.23. The molecule has 0 radical (unpaired) electrons. The molecule has 0 atom stereocenters. The molecule has 0 N–H and O–H groups in total. The fourth-order valence-corrected chi connectivity index (χ4v) is 9.40. The first kappa shape index (κ1) is 37.1. The summed E-state index contributed by atoms with van der Waals surface area (Å²) >= 11 is 0. The topological polar surface area (TPSA) is 6.48 Å². The Morgan fingerprint density at radius 3 is 1.02 bits per heavy atom. The minimum absolute atomic E-state index is 1.17. The molecule has 60 heavy (non-hydrogen) atoms. The molecule has 2 heteroatoms. The van der Waals surface area contributed by atoms with E-state index >= 15 is 0 Å². The maximum absolute atomic E-state index is 2.50. The van der Waals surface area contributed by atoms with Gasteiger partial charge in [-0.05, 0) is 155 Å². The van der Waals surface area contributed by atoms with Crippen molar-refractivity contribution in [2.75, 3.05) is 9.80 Å². The lowest BCUT2D eigenvalue weighted by atomic mass is 9.91. The summed E-state index contributed by atoms with van der Waals surface area (Å²) in [6.45, 7) is 13.3. The van der Waals surface area contributed by atoms with Gasteiger partial charge in [-0.1, -0.05) is 146 Å². The second-order valence-electron chi connectivity index (χ2n) is 16.5. The van der Waals surface area contributed by atoms with E-state index in [1.54, 1.807) is 0 Å². The molecular formula is C58H48N2. The highest BCUT2D eigenvalue weighted by molar-refractivity contribution is 6.28. The Morgan fingerprint density at radius 2 is 0.617 bits per heavy atom. The van der Waals surface area contributed by atoms with Gasteiger partial charge in [0.1, 0.15) is 0 Å². The summed E-state index contributed by atoms with van der Waals surface area (Å²) in [4.78, 5) is 5.00. The first-order valence-corrected chi connectivity index (χ1v) is 21.0. The highest BCUT2D eigenvalue weighted by Gasteiger charge is 2.25. The zero-order valence-electron chi connectivity index (χ0n) is 35.2. The van der Waals surface area contributed by atoms with Crippen LogP contribution in [0.15, 0.2) is 182 Å². The normalized spacial score (nSPS) is 11.5. The molecule has 0 spiro atoms. The standard InChI is InChI=1S/C58H48N2/c1-37-15-7-11-19-47(37)45-25-23-41(5)55(35-45)59(51-21-13-9-17-39(51)3)53-33-29-43-28-32-50-54(34-30-44-27-31-49(53)57(43)58(44)50)60(52-22-14-10-18-40(52)4)56-36-46(26-24-42(56)6)48-20-12-8-16-38(48)2/h7-36H,1-6H3. The molecule has 0 saturated carbocycles. The van der Waals surface area contributed by atoms with Gasteiger partial charge in [0.05, 0.1) is 11.4 Å². The van der Waals surface area contributed by atoms with Crippen LogP contribution >= 0.6 is 0 Å². The van der Waals surface area contributed by atoms with Crippen LogP contribution in [0.2, 0.25) is 0 Å². The van der Waals surface area contributed by atoms with Crippen LogP contribution in [0.4, 0.5) is 34.1 Å². The molecular weight excluding hydrogens is 725 g/mol. The van der Waals surface area contributed by atoms with Gasteiger partial charge < -0.3 is 9.80 Å². The number of nitrogens with zero attached hydrogens (tertiary/aromatic N) is 2. The van der Waals surface area contributed by atoms with Gasteiger partial charge in [0.15, 0.2) is 0 Å². The fraction of sp³-hybridized carbons (Fsp3) is 0.103. The van der Waals surface area contributed by atoms with Crippen LogP contribution in [-0.2, 0) is 0 Å². The Morgan fingerprint density at radius 1 is 0.267 bits per heavy atom. The Labute approximate surface area is 354 Å². The van der Waals surface area contributed by atoms with Crippen LogP contribution in [0.3, 0.4) is 0 Å². The van der Waals surface area contributed by atoms with E-state index < -0.39 is 0 Å². The Bertz CT molecular complexity index is 3030. The van der Waals surface area contributed by atoms with E-state index in [0.717, 1.165) is 0 Å². The summed E-state index contributed by atoms with van der Waals surface area (Å²) < 4.78 is 0. The molecule has 10 aromatic carbocycles. The van der Waals surface area contributed by atoms with Crippen molar-refractivity contribution in [2.24, 2.45) is 0 Å². The van der Waals surface area contributed by atoms with E-state index in [9.17, 15) is 0 Å². The van der Waals surface area contributed by atoms with Gasteiger partial charge in [0.2, 0.25) is 0 Å². The number of anilines is 6. The van der Waals surface area contributed by atoms with Crippen LogP contribution in [-0.4, -0.2) is 0 Å². The van der Waals surface area contributed by atoms with E-state index in [1.807, 2.05) is 0 Å². The highest BCUT2D eigenvalue weighted by Crippen LogP contribution is 2.49. The van der Waals surface area contributed by atoms with E-state index in [2.05, 4.69) is 233 Å². The molecule has 0 aliphatic heterocycles. The third-order valence-corrected chi connectivity index (χ3v) is 12.6. The van der Waals surface area contributed by atoms with Gasteiger partial charge in [0.25, 0.3) is 0 Å². The van der Waals surface area contributed by atoms with Crippen molar-refractivity contribution in [2.45, 2.75) is 41.5 Å². The molecule has 0 heterocycles. The number of aryl methyl sites for hydroxylation is 6. The minimum Gasteiger partial charge on any atom is -0.309 e. The predicted molar refractivity (Wildman–Crippen MR) is 259 cm³/mol. The smallest absolute Gasteiger partial charge is 0.0540 e. The minimum atomic E-state index is 1.17. The number of hydrogen-bond acceptors (Lipinski definition) is 2. The SMILES string of the molecule is Cc1ccccc1-c1ccc(C)c(N(c2ccccc2C)c2ccc3ccc4c(N(c5ccccc5C)c5cc(-c6ccccc6C)ccc5C)ccc5ccc2c3c54)c1. The summed E-state index contributed by atoms with van der Waals surface area (Å²) in [5.74, 6) is 0. The van der Waals surface area contributed by atoms with E-state index in [0.29, 0.717) is 0 Å². The molecule has 0 amide bonds. The van der Waals surface area contributed by atoms with Gasteiger partial charge in [0, 0.05) is 33.5 Å². The molecule has 0 saturated heterocycles. The van der Waals surface area contributed by atoms with Gasteiger partial charge >= 0.3 is 0 Å². The van der Waals surface area contributed by atoms with Crippen LogP contribution in [0, 0.1) is 41.5 Å². The van der Waals surface area contributed by atoms with Crippen molar-refractivity contribution in [3.8, 4) is 22.3 Å². The van der Waals surface area contributed by atoms with Gasteiger partial charge in [-0.15, -0.1) is 0 Å². The molecule has 0 aromatic heterocycles. The van der Waals surface area contributed by atoms with Crippen molar-refractivity contribution < 1.29 is 0 Å². The summed E-state index contributed by atoms with van der Waals surface area (Å²) in [7, 11) is 0. The Kier molecular flexibility index (Phi) is 9.22. The van der Waals surface area contributed by atoms with Gasteiger partial charge in [-0.2, -0.15) is 0 Å². The number of benzene rings is 10. The third kappa shape index (κ3) is 6.19. The van der Waals surface area contributed by atoms with E-state index in [4.69, 9.17) is 0 Å². The number of para-hydroxylation sites is 2. The van der Waals surface area contributed by atoms with Crippen molar-refractivity contribution in [3.63, 3.8) is 0 Å². The molecule has 0 aliphatic rings. The zero-order valence-corrected chi connectivity index (χ0v) is 35.2. The van der Waals surface area contributed by atoms with E-state index in [-0.39, 0.29) is 0 Å². The van der Waals surface area contributed by atoms with Crippen molar-refractivity contribution in [1.29, 1.82) is 0 Å². The van der Waals surface area contributed by atoms with Crippen LogP contribution in [0.1, 0.15) is 33.4 Å². The molecule has 0 aliphatic carbocycles. The molecule has 0 fully saturated rings. The molecule has 10 rings (SSSR count). The maximum Gasteiger partial charge on any atom is 0.0540 e. The largest absolute Gasteiger partial charge is 0.309 e. The second kappa shape index (κ2) is 14.9. The maximum atomic E-state index is 2.50. The van der Waals surface area contributed by atoms with Crippen molar-refractivity contribution in [3.05, 3.63) is 215 Å². The van der Waals surface area contributed by atoms with Crippen LogP contribution in [0.5, 0.6) is 0 Å². The number of hydrogen-bond donors (Lipinski definition) is 0. The highest BCUT2D eigenvalue weighted by atomic mass is 15.2. The zero-order chi connectivity index (χ0) is 41.1. The quantitative estimate of drug-likeness (QED) is 0.142. The van der Waals surface area contributed by atoms with Gasteiger partial charge in [-0.25, -0.2) is 0 Å². The Balaban J connectivity index is 1.23. The predicted octanol–water partition coefficient (Wildman–Crippen LogP) is 16.7. The summed E-state index contributed by atoms with van der Waals surface area (Å²) in [6.07, 6.45) is 0. The molecule has 10 aromatic rings. The lowest BCUT2D eigenvalue weighted by Crippen LogP contribution is -2.14. The second-order valence-corrected chi connectivity index (χ2v) is 16.5. The molecule has 2 nitrogen and oxygen atoms in total. The summed E-state index contributed by atoms with van der Waals surface area (Å²) in [5.41, 5.74) is 19.4.